The minimum absolute atomic E-state index is 0.0350. The standard InChI is InChI=1S/C17H20N4O5S/c1-2-26-17(23)20-11-14-9-13(7-8-19-14)16(22)21-27(24,25)15-5-3-12(10-18)4-6-15/h3-9H,2,10-11,18H2,1H3,(H,20,23)(H,21,22). The highest BCUT2D eigenvalue weighted by Gasteiger charge is 2.19. The van der Waals surface area contributed by atoms with E-state index in [0.29, 0.717) is 5.69 Å². The Bertz CT molecular complexity index is 913. The highest BCUT2D eigenvalue weighted by atomic mass is 32.2. The predicted octanol–water partition coefficient (Wildman–Crippen LogP) is 0.905. The fourth-order valence-corrected chi connectivity index (χ4v) is 3.08. The Morgan fingerprint density at radius 2 is 1.89 bits per heavy atom. The lowest BCUT2D eigenvalue weighted by atomic mass is 10.2. The Morgan fingerprint density at radius 1 is 1.19 bits per heavy atom. The number of pyridine rings is 1. The van der Waals surface area contributed by atoms with Gasteiger partial charge in [-0.25, -0.2) is 17.9 Å². The molecular formula is C17H20N4O5S. The van der Waals surface area contributed by atoms with Crippen molar-refractivity contribution in [2.75, 3.05) is 6.61 Å². The van der Waals surface area contributed by atoms with Crippen molar-refractivity contribution in [2.45, 2.75) is 24.9 Å². The molecule has 0 saturated heterocycles. The van der Waals surface area contributed by atoms with Crippen LogP contribution < -0.4 is 15.8 Å². The van der Waals surface area contributed by atoms with Gasteiger partial charge < -0.3 is 15.8 Å². The second-order valence-corrected chi connectivity index (χ2v) is 7.07. The first-order valence-corrected chi connectivity index (χ1v) is 9.55. The van der Waals surface area contributed by atoms with Gasteiger partial charge in [0.25, 0.3) is 15.9 Å². The van der Waals surface area contributed by atoms with Crippen LogP contribution in [0.5, 0.6) is 0 Å². The van der Waals surface area contributed by atoms with Crippen molar-refractivity contribution in [3.63, 3.8) is 0 Å². The van der Waals surface area contributed by atoms with Gasteiger partial charge >= 0.3 is 6.09 Å². The van der Waals surface area contributed by atoms with Gasteiger partial charge in [-0.1, -0.05) is 12.1 Å². The Balaban J connectivity index is 2.08. The van der Waals surface area contributed by atoms with Crippen LogP contribution in [0.2, 0.25) is 0 Å². The summed E-state index contributed by atoms with van der Waals surface area (Å²) in [6.45, 7) is 2.22. The first-order valence-electron chi connectivity index (χ1n) is 8.07. The maximum absolute atomic E-state index is 12.3. The van der Waals surface area contributed by atoms with Gasteiger partial charge in [-0.3, -0.25) is 9.78 Å². The van der Waals surface area contributed by atoms with Gasteiger partial charge in [-0.15, -0.1) is 0 Å². The Labute approximate surface area is 157 Å². The van der Waals surface area contributed by atoms with Crippen molar-refractivity contribution in [3.8, 4) is 0 Å². The van der Waals surface area contributed by atoms with E-state index < -0.39 is 22.0 Å². The van der Waals surface area contributed by atoms with Crippen LogP contribution in [0.3, 0.4) is 0 Å². The van der Waals surface area contributed by atoms with Crippen LogP contribution >= 0.6 is 0 Å². The summed E-state index contributed by atoms with van der Waals surface area (Å²) in [6.07, 6.45) is 0.734. The molecule has 0 spiro atoms. The molecule has 2 rings (SSSR count). The van der Waals surface area contributed by atoms with Crippen LogP contribution in [0.4, 0.5) is 4.79 Å². The molecule has 0 radical (unpaired) electrons. The van der Waals surface area contributed by atoms with Crippen molar-refractivity contribution in [2.24, 2.45) is 5.73 Å². The van der Waals surface area contributed by atoms with Crippen LogP contribution in [0, 0.1) is 0 Å². The molecule has 27 heavy (non-hydrogen) atoms. The molecule has 2 amide bonds. The molecule has 0 aliphatic heterocycles. The lowest BCUT2D eigenvalue weighted by molar-refractivity contribution is 0.0981. The predicted molar refractivity (Wildman–Crippen MR) is 97.1 cm³/mol. The first-order chi connectivity index (χ1) is 12.9. The van der Waals surface area contributed by atoms with E-state index in [0.717, 1.165) is 5.56 Å². The number of benzene rings is 1. The van der Waals surface area contributed by atoms with E-state index in [4.69, 9.17) is 10.5 Å². The summed E-state index contributed by atoms with van der Waals surface area (Å²) in [7, 11) is -4.03. The molecular weight excluding hydrogens is 372 g/mol. The second kappa shape index (κ2) is 9.10. The molecule has 144 valence electrons. The van der Waals surface area contributed by atoms with E-state index in [9.17, 15) is 18.0 Å². The highest BCUT2D eigenvalue weighted by molar-refractivity contribution is 7.90. The van der Waals surface area contributed by atoms with Gasteiger partial charge in [0.2, 0.25) is 0 Å². The van der Waals surface area contributed by atoms with Crippen LogP contribution in [-0.2, 0) is 27.8 Å². The molecule has 0 bridgehead atoms. The molecule has 10 heteroatoms. The number of amides is 2. The number of rotatable bonds is 7. The number of sulfonamides is 1. The van der Waals surface area contributed by atoms with Crippen molar-refractivity contribution in [1.29, 1.82) is 0 Å². The summed E-state index contributed by atoms with van der Waals surface area (Å²) >= 11 is 0. The topological polar surface area (TPSA) is 140 Å². The van der Waals surface area contributed by atoms with Gasteiger partial charge in [0, 0.05) is 18.3 Å². The lowest BCUT2D eigenvalue weighted by Crippen LogP contribution is -2.31. The quantitative estimate of drug-likeness (QED) is 0.636. The third-order valence-electron chi connectivity index (χ3n) is 3.46. The number of nitrogens with one attached hydrogen (secondary N) is 2. The zero-order valence-electron chi connectivity index (χ0n) is 14.6. The zero-order chi connectivity index (χ0) is 19.9. The smallest absolute Gasteiger partial charge is 0.407 e. The summed E-state index contributed by atoms with van der Waals surface area (Å²) < 4.78 is 31.4. The normalized spacial score (nSPS) is 10.9. The van der Waals surface area contributed by atoms with Gasteiger partial charge in [0.1, 0.15) is 0 Å². The van der Waals surface area contributed by atoms with Crippen LogP contribution in [-0.4, -0.2) is 32.0 Å². The molecule has 9 nitrogen and oxygen atoms in total. The maximum atomic E-state index is 12.3. The Morgan fingerprint density at radius 3 is 2.52 bits per heavy atom. The Hall–Kier alpha value is -2.98. The monoisotopic (exact) mass is 392 g/mol. The molecule has 0 aliphatic carbocycles. The first kappa shape index (κ1) is 20.3. The van der Waals surface area contributed by atoms with E-state index in [1.165, 1.54) is 30.5 Å². The molecule has 0 fully saturated rings. The summed E-state index contributed by atoms with van der Waals surface area (Å²) in [4.78, 5) is 27.6. The van der Waals surface area contributed by atoms with E-state index in [-0.39, 0.29) is 30.2 Å². The van der Waals surface area contributed by atoms with E-state index in [2.05, 4.69) is 10.3 Å². The molecule has 1 heterocycles. The number of hydrogen-bond donors (Lipinski definition) is 3. The average Bonchev–Trinajstić information content (AvgIpc) is 2.66. The number of ether oxygens (including phenoxy) is 1. The minimum Gasteiger partial charge on any atom is -0.450 e. The zero-order valence-corrected chi connectivity index (χ0v) is 15.5. The van der Waals surface area contributed by atoms with Gasteiger partial charge in [-0.05, 0) is 36.8 Å². The molecule has 0 atom stereocenters. The average molecular weight is 392 g/mol. The van der Waals surface area contributed by atoms with Crippen LogP contribution in [0.25, 0.3) is 0 Å². The van der Waals surface area contributed by atoms with Crippen molar-refractivity contribution in [3.05, 3.63) is 59.4 Å². The number of carbonyl (C=O) groups is 2. The number of alkyl carbamates (subject to hydrolysis) is 1. The van der Waals surface area contributed by atoms with E-state index >= 15 is 0 Å². The molecule has 0 saturated carbocycles. The largest absolute Gasteiger partial charge is 0.450 e. The number of nitrogens with two attached hydrogens (primary N) is 1. The molecule has 1 aromatic heterocycles. The summed E-state index contributed by atoms with van der Waals surface area (Å²) in [5.74, 6) is -0.808. The third kappa shape index (κ3) is 5.76. The number of carbonyl (C=O) groups excluding carboxylic acids is 2. The Kier molecular flexibility index (Phi) is 6.85. The highest BCUT2D eigenvalue weighted by Crippen LogP contribution is 2.11. The fraction of sp³-hybridized carbons (Fsp3) is 0.235. The summed E-state index contributed by atoms with van der Waals surface area (Å²) in [5, 5.41) is 2.47. The fourth-order valence-electron chi connectivity index (χ4n) is 2.11. The van der Waals surface area contributed by atoms with Crippen molar-refractivity contribution in [1.82, 2.24) is 15.0 Å². The van der Waals surface area contributed by atoms with E-state index in [1.54, 1.807) is 19.1 Å². The van der Waals surface area contributed by atoms with Crippen molar-refractivity contribution < 1.29 is 22.7 Å². The SMILES string of the molecule is CCOC(=O)NCc1cc(C(=O)NS(=O)(=O)c2ccc(CN)cc2)ccn1. The maximum Gasteiger partial charge on any atom is 0.407 e. The summed E-state index contributed by atoms with van der Waals surface area (Å²) in [6, 6.07) is 8.65. The molecule has 1 aromatic carbocycles. The molecule has 2 aromatic rings. The van der Waals surface area contributed by atoms with Crippen molar-refractivity contribution >= 4 is 22.0 Å². The minimum atomic E-state index is -4.03. The van der Waals surface area contributed by atoms with E-state index in [1.807, 2.05) is 4.72 Å². The molecule has 0 aliphatic rings. The number of nitrogens with zero attached hydrogens (tertiary/aromatic N) is 1. The van der Waals surface area contributed by atoms with Gasteiger partial charge in [0.15, 0.2) is 0 Å². The number of aromatic nitrogens is 1. The second-order valence-electron chi connectivity index (χ2n) is 5.39. The van der Waals surface area contributed by atoms with Gasteiger partial charge in [0.05, 0.1) is 23.7 Å². The van der Waals surface area contributed by atoms with Crippen LogP contribution in [0.1, 0.15) is 28.5 Å². The lowest BCUT2D eigenvalue weighted by Gasteiger charge is -2.09. The number of hydrogen-bond acceptors (Lipinski definition) is 7. The van der Waals surface area contributed by atoms with Gasteiger partial charge in [-0.2, -0.15) is 0 Å². The van der Waals surface area contributed by atoms with Crippen LogP contribution in [0.15, 0.2) is 47.5 Å². The third-order valence-corrected chi connectivity index (χ3v) is 4.81. The molecule has 4 N–H and O–H groups in total. The molecule has 0 unspecified atom stereocenters. The summed E-state index contributed by atoms with van der Waals surface area (Å²) in [5.41, 5.74) is 6.72.